The van der Waals surface area contributed by atoms with Crippen molar-refractivity contribution < 1.29 is 9.59 Å². The monoisotopic (exact) mass is 792 g/mol. The van der Waals surface area contributed by atoms with Gasteiger partial charge < -0.3 is 20.0 Å². The molecule has 13 nitrogen and oxygen atoms in total. The minimum atomic E-state index is -0.233. The number of anilines is 4. The zero-order chi connectivity index (χ0) is 40.3. The number of rotatable bonds is 11. The third-order valence-electron chi connectivity index (χ3n) is 13.5. The van der Waals surface area contributed by atoms with Crippen molar-refractivity contribution in [3.8, 4) is 5.82 Å². The third-order valence-corrected chi connectivity index (χ3v) is 13.5. The molecule has 0 bridgehead atoms. The summed E-state index contributed by atoms with van der Waals surface area (Å²) < 4.78 is 3.46. The number of benzene rings is 2. The largest absolute Gasteiger partial charge is 0.372 e. The van der Waals surface area contributed by atoms with Gasteiger partial charge in [-0.2, -0.15) is 4.98 Å². The number of hydrogen-bond donors (Lipinski definition) is 2. The van der Waals surface area contributed by atoms with Gasteiger partial charge in [0.1, 0.15) is 5.39 Å². The van der Waals surface area contributed by atoms with Crippen LogP contribution in [0.1, 0.15) is 74.1 Å². The Morgan fingerprint density at radius 3 is 2.34 bits per heavy atom. The highest BCUT2D eigenvalue weighted by atomic mass is 16.2. The van der Waals surface area contributed by atoms with E-state index in [1.165, 1.54) is 49.4 Å². The maximum atomic E-state index is 13.5. The molecular formula is C46H52N10O3. The Labute approximate surface area is 344 Å². The number of nitrogens with zero attached hydrogens (tertiary/aromatic N) is 8. The second kappa shape index (κ2) is 15.1. The van der Waals surface area contributed by atoms with Gasteiger partial charge in [-0.25, -0.2) is 19.3 Å². The Kier molecular flexibility index (Phi) is 9.58. The maximum absolute atomic E-state index is 13.5. The molecule has 5 aliphatic rings. The number of aryl methyl sites for hydroxylation is 1. The number of amides is 2. The van der Waals surface area contributed by atoms with Crippen LogP contribution in [0.3, 0.4) is 0 Å². The van der Waals surface area contributed by atoms with Crippen LogP contribution in [-0.2, 0) is 22.6 Å². The van der Waals surface area contributed by atoms with E-state index in [1.807, 2.05) is 10.7 Å². The number of hydrogen-bond acceptors (Lipinski definition) is 10. The molecule has 3 aromatic heterocycles. The molecule has 7 heterocycles. The molecule has 304 valence electrons. The number of imide groups is 1. The lowest BCUT2D eigenvalue weighted by Gasteiger charge is -2.61. The summed E-state index contributed by atoms with van der Waals surface area (Å²) >= 11 is 0. The van der Waals surface area contributed by atoms with Crippen LogP contribution >= 0.6 is 0 Å². The number of piperidine rings is 2. The number of nitrogens with one attached hydrogen (secondary N) is 2. The number of fused-ring (bicyclic) bond motifs is 2. The van der Waals surface area contributed by atoms with Crippen LogP contribution in [0.15, 0.2) is 84.3 Å². The first-order valence-electron chi connectivity index (χ1n) is 21.4. The minimum absolute atomic E-state index is 0.165. The summed E-state index contributed by atoms with van der Waals surface area (Å²) in [6.07, 6.45) is 9.88. The molecule has 2 unspecified atom stereocenters. The summed E-state index contributed by atoms with van der Waals surface area (Å²) in [5.41, 5.74) is 7.48. The molecule has 0 radical (unpaired) electrons. The average Bonchev–Trinajstić information content (AvgIpc) is 3.76. The van der Waals surface area contributed by atoms with Crippen LogP contribution in [0.5, 0.6) is 0 Å². The first kappa shape index (κ1) is 37.5. The number of aromatic nitrogens is 5. The topological polar surface area (TPSA) is 134 Å². The van der Waals surface area contributed by atoms with Crippen LogP contribution < -0.4 is 26.0 Å². The van der Waals surface area contributed by atoms with Crippen molar-refractivity contribution in [3.63, 3.8) is 0 Å². The van der Waals surface area contributed by atoms with Gasteiger partial charge in [0.25, 0.3) is 5.56 Å². The lowest BCUT2D eigenvalue weighted by molar-refractivity contribution is -0.134. The van der Waals surface area contributed by atoms with Crippen LogP contribution in [0.4, 0.5) is 23.0 Å². The summed E-state index contributed by atoms with van der Waals surface area (Å²) in [5.74, 6) is 1.67. The van der Waals surface area contributed by atoms with Gasteiger partial charge in [-0.05, 0) is 98.0 Å². The van der Waals surface area contributed by atoms with Crippen LogP contribution in [0.25, 0.3) is 16.9 Å². The molecular weight excluding hydrogens is 741 g/mol. The minimum Gasteiger partial charge on any atom is -0.372 e. The number of likely N-dealkylation sites (tertiary alicyclic amines) is 1. The predicted molar refractivity (Wildman–Crippen MR) is 230 cm³/mol. The fraction of sp³-hybridized carbons (Fsp3) is 0.435. The first-order valence-corrected chi connectivity index (χ1v) is 21.4. The summed E-state index contributed by atoms with van der Waals surface area (Å²) in [6.45, 7) is 14.2. The summed E-state index contributed by atoms with van der Waals surface area (Å²) in [5, 5.41) is 6.29. The molecule has 1 spiro atoms. The summed E-state index contributed by atoms with van der Waals surface area (Å²) in [7, 11) is 0. The lowest BCUT2D eigenvalue weighted by atomic mass is 9.72. The van der Waals surface area contributed by atoms with Crippen LogP contribution in [0.2, 0.25) is 0 Å². The SMILES string of the molecule is C=CCn1c(=O)c2cnc(Nc3ccc(N4CCC(CN5CC6(C5)CN(c5ccc(C7CCC(=O)NC7=O)cc5)C6)CC4)cc3)nc2n1-c1ccc2c(n1)C(CC)CC2. The summed E-state index contributed by atoms with van der Waals surface area (Å²) in [4.78, 5) is 59.4. The Bertz CT molecular complexity index is 2470. The number of carbonyl (C=O) groups is 2. The second-order valence-corrected chi connectivity index (χ2v) is 17.5. The average molecular weight is 793 g/mol. The Morgan fingerprint density at radius 2 is 1.61 bits per heavy atom. The zero-order valence-corrected chi connectivity index (χ0v) is 33.8. The molecule has 2 atom stereocenters. The van der Waals surface area contributed by atoms with E-state index in [0.717, 1.165) is 62.4 Å². The Hall–Kier alpha value is -5.82. The van der Waals surface area contributed by atoms with Crippen molar-refractivity contribution >= 4 is 45.9 Å². The van der Waals surface area contributed by atoms with Gasteiger partial charge in [0.2, 0.25) is 17.8 Å². The molecule has 5 aromatic rings. The molecule has 10 rings (SSSR count). The standard InChI is InChI=1S/C46H52N10O3/c1-3-21-55-44(59)38-24-47-45(51-42(38)56(55)39-17-9-33-6-5-31(4-2)41(33)49-39)48-34-10-14-35(15-11-34)53-22-19-30(20-23-53)25-52-26-46(27-52)28-54(29-46)36-12-7-32(8-13-36)37-16-18-40(57)50-43(37)58/h3,7-15,17,24,30-31,37H,1,4-6,16,18-23,25-29H2,2H3,(H,47,48,51)(H,50,57,58). The van der Waals surface area contributed by atoms with Crippen molar-refractivity contribution in [1.29, 1.82) is 0 Å². The zero-order valence-electron chi connectivity index (χ0n) is 33.8. The van der Waals surface area contributed by atoms with Crippen molar-refractivity contribution in [3.05, 3.63) is 107 Å². The van der Waals surface area contributed by atoms with Gasteiger partial charge in [-0.3, -0.25) is 19.7 Å². The molecule has 4 saturated heterocycles. The smallest absolute Gasteiger partial charge is 0.278 e. The molecule has 0 saturated carbocycles. The van der Waals surface area contributed by atoms with E-state index in [1.54, 1.807) is 17.0 Å². The molecule has 59 heavy (non-hydrogen) atoms. The molecule has 13 heteroatoms. The van der Waals surface area contributed by atoms with Crippen molar-refractivity contribution in [2.24, 2.45) is 11.3 Å². The van der Waals surface area contributed by atoms with Gasteiger partial charge in [-0.15, -0.1) is 6.58 Å². The molecule has 2 N–H and O–H groups in total. The Morgan fingerprint density at radius 1 is 0.864 bits per heavy atom. The predicted octanol–water partition coefficient (Wildman–Crippen LogP) is 5.91. The van der Waals surface area contributed by atoms with Gasteiger partial charge in [0.05, 0.1) is 12.5 Å². The van der Waals surface area contributed by atoms with Crippen LogP contribution in [-0.4, -0.2) is 86.8 Å². The molecule has 2 aromatic carbocycles. The van der Waals surface area contributed by atoms with E-state index in [0.29, 0.717) is 59.4 Å². The van der Waals surface area contributed by atoms with Gasteiger partial charge in [0, 0.05) is 92.5 Å². The molecule has 4 fully saturated rings. The quantitative estimate of drug-likeness (QED) is 0.123. The first-order chi connectivity index (χ1) is 28.8. The second-order valence-electron chi connectivity index (χ2n) is 17.5. The van der Waals surface area contributed by atoms with Gasteiger partial charge in [0.15, 0.2) is 11.5 Å². The maximum Gasteiger partial charge on any atom is 0.278 e. The Balaban J connectivity index is 0.719. The van der Waals surface area contributed by atoms with Gasteiger partial charge in [-0.1, -0.05) is 31.2 Å². The fourth-order valence-corrected chi connectivity index (χ4v) is 10.4. The van der Waals surface area contributed by atoms with E-state index in [2.05, 4.69) is 98.4 Å². The van der Waals surface area contributed by atoms with Crippen molar-refractivity contribution in [2.45, 2.75) is 70.3 Å². The molecule has 4 aliphatic heterocycles. The van der Waals surface area contributed by atoms with Crippen molar-refractivity contribution in [2.75, 3.05) is 60.9 Å². The molecule has 1 aliphatic carbocycles. The van der Waals surface area contributed by atoms with E-state index in [9.17, 15) is 14.4 Å². The highest BCUT2D eigenvalue weighted by Crippen LogP contribution is 2.43. The summed E-state index contributed by atoms with van der Waals surface area (Å²) in [6, 6.07) is 21.0. The number of pyridine rings is 1. The van der Waals surface area contributed by atoms with Crippen molar-refractivity contribution in [1.82, 2.24) is 34.5 Å². The van der Waals surface area contributed by atoms with E-state index >= 15 is 0 Å². The van der Waals surface area contributed by atoms with Crippen LogP contribution in [0, 0.1) is 11.3 Å². The highest BCUT2D eigenvalue weighted by Gasteiger charge is 2.51. The highest BCUT2D eigenvalue weighted by molar-refractivity contribution is 6.01. The molecule has 2 amide bonds. The van der Waals surface area contributed by atoms with E-state index < -0.39 is 0 Å². The lowest BCUT2D eigenvalue weighted by Crippen LogP contribution is -2.72. The number of carbonyl (C=O) groups excluding carboxylic acids is 2. The van der Waals surface area contributed by atoms with E-state index in [4.69, 9.17) is 9.97 Å². The third kappa shape index (κ3) is 6.98. The normalized spacial score (nSPS) is 21.6. The fourth-order valence-electron chi connectivity index (χ4n) is 10.4. The van der Waals surface area contributed by atoms with E-state index in [-0.39, 0.29) is 23.3 Å². The number of allylic oxidation sites excluding steroid dienone is 1. The van der Waals surface area contributed by atoms with Gasteiger partial charge >= 0.3 is 0 Å².